The van der Waals surface area contributed by atoms with Gasteiger partial charge in [0.15, 0.2) is 0 Å². The quantitative estimate of drug-likeness (QED) is 0.523. The highest BCUT2D eigenvalue weighted by atomic mass is 16.6. The number of carbonyl (C=O) groups is 2. The van der Waals surface area contributed by atoms with Gasteiger partial charge >= 0.3 is 6.09 Å². The molecule has 2 heterocycles. The van der Waals surface area contributed by atoms with Crippen molar-refractivity contribution in [2.75, 3.05) is 32.8 Å². The van der Waals surface area contributed by atoms with Crippen LogP contribution in [0.25, 0.3) is 0 Å². The number of terminal acetylenes is 1. The van der Waals surface area contributed by atoms with Crippen molar-refractivity contribution in [2.24, 2.45) is 11.8 Å². The third-order valence-electron chi connectivity index (χ3n) is 3.48. The number of hydrogen-bond donors (Lipinski definition) is 0. The summed E-state index contributed by atoms with van der Waals surface area (Å²) < 4.78 is 4.99. The van der Waals surface area contributed by atoms with Gasteiger partial charge in [0.25, 0.3) is 5.91 Å². The second-order valence-electron chi connectivity index (χ2n) is 4.65. The predicted octanol–water partition coefficient (Wildman–Crippen LogP) is 0.332. The van der Waals surface area contributed by atoms with Crippen molar-refractivity contribution in [3.8, 4) is 12.3 Å². The van der Waals surface area contributed by atoms with Crippen LogP contribution in [0.3, 0.4) is 0 Å². The lowest BCUT2D eigenvalue weighted by atomic mass is 10.0. The molecule has 0 N–H and O–H groups in total. The van der Waals surface area contributed by atoms with E-state index < -0.39 is 0 Å². The van der Waals surface area contributed by atoms with E-state index in [1.54, 1.807) is 15.9 Å². The Hall–Kier alpha value is -1.96. The first-order valence-corrected chi connectivity index (χ1v) is 5.93. The number of amides is 2. The van der Waals surface area contributed by atoms with Crippen molar-refractivity contribution >= 4 is 12.0 Å². The molecule has 0 spiro atoms. The number of carbonyl (C=O) groups excluding carboxylic acids is 2. The summed E-state index contributed by atoms with van der Waals surface area (Å²) in [5.74, 6) is 2.51. The zero-order valence-electron chi connectivity index (χ0n) is 10.2. The summed E-state index contributed by atoms with van der Waals surface area (Å²) in [5.41, 5.74) is 0. The summed E-state index contributed by atoms with van der Waals surface area (Å²) in [7, 11) is 0. The fraction of sp³-hybridized carbons (Fsp3) is 0.538. The maximum absolute atomic E-state index is 11.6. The van der Waals surface area contributed by atoms with E-state index in [4.69, 9.17) is 11.2 Å². The van der Waals surface area contributed by atoms with Gasteiger partial charge in [-0.2, -0.15) is 0 Å². The van der Waals surface area contributed by atoms with Crippen molar-refractivity contribution in [1.82, 2.24) is 9.80 Å². The average Bonchev–Trinajstić information content (AvgIpc) is 2.92. The third-order valence-corrected chi connectivity index (χ3v) is 3.48. The van der Waals surface area contributed by atoms with E-state index in [1.807, 2.05) is 0 Å². The Kier molecular flexibility index (Phi) is 3.56. The minimum absolute atomic E-state index is 0.229. The van der Waals surface area contributed by atoms with E-state index in [-0.39, 0.29) is 18.6 Å². The Morgan fingerprint density at radius 1 is 1.28 bits per heavy atom. The molecule has 0 bridgehead atoms. The Balaban J connectivity index is 1.86. The van der Waals surface area contributed by atoms with Gasteiger partial charge in [-0.25, -0.2) is 4.79 Å². The van der Waals surface area contributed by atoms with E-state index >= 15 is 0 Å². The molecule has 0 aromatic rings. The standard InChI is InChI=1S/C13H16N2O3/c1-3-5-18-13(17)15-8-10-6-14(12(16)4-2)7-11(10)9-15/h2-3,10-11H,1,5-9H2/t10-,11+. The van der Waals surface area contributed by atoms with Crippen LogP contribution in [0.15, 0.2) is 12.7 Å². The zero-order chi connectivity index (χ0) is 13.1. The maximum atomic E-state index is 11.6. The first kappa shape index (κ1) is 12.5. The molecule has 2 amide bonds. The molecule has 2 aliphatic rings. The molecule has 18 heavy (non-hydrogen) atoms. The molecule has 0 aromatic heterocycles. The number of ether oxygens (including phenoxy) is 1. The average molecular weight is 248 g/mol. The highest BCUT2D eigenvalue weighted by Crippen LogP contribution is 2.31. The number of rotatable bonds is 2. The minimum atomic E-state index is -0.306. The fourth-order valence-electron chi connectivity index (χ4n) is 2.62. The van der Waals surface area contributed by atoms with E-state index in [0.717, 1.165) is 0 Å². The normalized spacial score (nSPS) is 25.5. The summed E-state index contributed by atoms with van der Waals surface area (Å²) in [6.45, 7) is 6.27. The lowest BCUT2D eigenvalue weighted by Crippen LogP contribution is -2.35. The third kappa shape index (κ3) is 2.33. The number of hydrogen-bond acceptors (Lipinski definition) is 3. The molecule has 0 saturated carbocycles. The van der Waals surface area contributed by atoms with Crippen LogP contribution in [-0.4, -0.2) is 54.6 Å². The second-order valence-corrected chi connectivity index (χ2v) is 4.65. The van der Waals surface area contributed by atoms with Crippen molar-refractivity contribution in [2.45, 2.75) is 0 Å². The lowest BCUT2D eigenvalue weighted by Gasteiger charge is -2.19. The molecule has 2 atom stereocenters. The first-order chi connectivity index (χ1) is 8.65. The van der Waals surface area contributed by atoms with E-state index in [0.29, 0.717) is 38.0 Å². The highest BCUT2D eigenvalue weighted by molar-refractivity contribution is 5.93. The van der Waals surface area contributed by atoms with Crippen LogP contribution in [0.5, 0.6) is 0 Å². The highest BCUT2D eigenvalue weighted by Gasteiger charge is 2.43. The molecular formula is C13H16N2O3. The molecule has 5 nitrogen and oxygen atoms in total. The van der Waals surface area contributed by atoms with Gasteiger partial charge in [0.05, 0.1) is 0 Å². The topological polar surface area (TPSA) is 49.9 Å². The van der Waals surface area contributed by atoms with Crippen LogP contribution in [0.2, 0.25) is 0 Å². The smallest absolute Gasteiger partial charge is 0.410 e. The van der Waals surface area contributed by atoms with Crippen LogP contribution >= 0.6 is 0 Å². The van der Waals surface area contributed by atoms with Crippen molar-refractivity contribution in [3.63, 3.8) is 0 Å². The van der Waals surface area contributed by atoms with Gasteiger partial charge in [0, 0.05) is 38.0 Å². The largest absolute Gasteiger partial charge is 0.445 e. The molecule has 0 aliphatic carbocycles. The van der Waals surface area contributed by atoms with E-state index in [2.05, 4.69) is 12.5 Å². The van der Waals surface area contributed by atoms with Gasteiger partial charge in [0.1, 0.15) is 6.61 Å². The van der Waals surface area contributed by atoms with Gasteiger partial charge in [-0.1, -0.05) is 12.7 Å². The zero-order valence-corrected chi connectivity index (χ0v) is 10.2. The number of likely N-dealkylation sites (tertiary alicyclic amines) is 2. The molecule has 2 aliphatic heterocycles. The van der Waals surface area contributed by atoms with Crippen LogP contribution < -0.4 is 0 Å². The molecule has 0 radical (unpaired) electrons. The van der Waals surface area contributed by atoms with Gasteiger partial charge < -0.3 is 14.5 Å². The maximum Gasteiger partial charge on any atom is 0.410 e. The van der Waals surface area contributed by atoms with Gasteiger partial charge in [0.2, 0.25) is 0 Å². The minimum Gasteiger partial charge on any atom is -0.445 e. The van der Waals surface area contributed by atoms with E-state index in [1.165, 1.54) is 0 Å². The van der Waals surface area contributed by atoms with Crippen LogP contribution in [0.4, 0.5) is 4.79 Å². The summed E-state index contributed by atoms with van der Waals surface area (Å²) in [6.07, 6.45) is 6.33. The first-order valence-electron chi connectivity index (χ1n) is 5.93. The monoisotopic (exact) mass is 248 g/mol. The summed E-state index contributed by atoms with van der Waals surface area (Å²) in [6, 6.07) is 0. The predicted molar refractivity (Wildman–Crippen MR) is 65.5 cm³/mol. The molecule has 0 aromatic carbocycles. The Bertz CT molecular complexity index is 399. The van der Waals surface area contributed by atoms with Crippen molar-refractivity contribution < 1.29 is 14.3 Å². The number of fused-ring (bicyclic) bond motifs is 1. The molecule has 96 valence electrons. The molecule has 5 heteroatoms. The molecule has 0 unspecified atom stereocenters. The summed E-state index contributed by atoms with van der Waals surface area (Å²) in [4.78, 5) is 26.4. The Morgan fingerprint density at radius 2 is 1.83 bits per heavy atom. The Morgan fingerprint density at radius 3 is 2.33 bits per heavy atom. The van der Waals surface area contributed by atoms with Crippen molar-refractivity contribution in [1.29, 1.82) is 0 Å². The molecular weight excluding hydrogens is 232 g/mol. The fourth-order valence-corrected chi connectivity index (χ4v) is 2.62. The lowest BCUT2D eigenvalue weighted by molar-refractivity contribution is -0.124. The summed E-state index contributed by atoms with van der Waals surface area (Å²) in [5, 5.41) is 0. The van der Waals surface area contributed by atoms with Crippen LogP contribution in [0, 0.1) is 24.2 Å². The van der Waals surface area contributed by atoms with Crippen LogP contribution in [0.1, 0.15) is 0 Å². The Labute approximate surface area is 106 Å². The van der Waals surface area contributed by atoms with Gasteiger partial charge in [-0.3, -0.25) is 4.79 Å². The van der Waals surface area contributed by atoms with Gasteiger partial charge in [-0.15, -0.1) is 6.42 Å². The molecule has 2 rings (SSSR count). The van der Waals surface area contributed by atoms with Crippen molar-refractivity contribution in [3.05, 3.63) is 12.7 Å². The second kappa shape index (κ2) is 5.13. The van der Waals surface area contributed by atoms with E-state index in [9.17, 15) is 9.59 Å². The summed E-state index contributed by atoms with van der Waals surface area (Å²) >= 11 is 0. The van der Waals surface area contributed by atoms with Crippen LogP contribution in [-0.2, 0) is 9.53 Å². The molecule has 2 fully saturated rings. The number of nitrogens with zero attached hydrogens (tertiary/aromatic N) is 2. The van der Waals surface area contributed by atoms with Gasteiger partial charge in [-0.05, 0) is 5.92 Å². The SMILES string of the molecule is C#CC(=O)N1C[C@@H]2CN(C(=O)OCC=C)C[C@@H]2C1. The molecule has 2 saturated heterocycles.